The minimum absolute atomic E-state index is 0.216. The van der Waals surface area contributed by atoms with E-state index >= 15 is 0 Å². The molecule has 2 fully saturated rings. The van der Waals surface area contributed by atoms with Crippen molar-refractivity contribution in [3.8, 4) is 5.69 Å². The van der Waals surface area contributed by atoms with E-state index in [1.54, 1.807) is 18.3 Å². The van der Waals surface area contributed by atoms with E-state index in [2.05, 4.69) is 65.6 Å². The Kier molecular flexibility index (Phi) is 8.16. The third-order valence-electron chi connectivity index (χ3n) is 9.00. The number of carbonyl (C=O) groups is 1. The number of halogens is 1. The van der Waals surface area contributed by atoms with Crippen LogP contribution in [0.2, 0.25) is 5.02 Å². The third kappa shape index (κ3) is 5.46. The number of rotatable bonds is 6. The van der Waals surface area contributed by atoms with Gasteiger partial charge in [-0.3, -0.25) is 4.98 Å². The lowest BCUT2D eigenvalue weighted by molar-refractivity contribution is 0.0697. The smallest absolute Gasteiger partial charge is 0.335 e. The maximum atomic E-state index is 11.8. The van der Waals surface area contributed by atoms with Gasteiger partial charge in [0, 0.05) is 42.0 Å². The van der Waals surface area contributed by atoms with Gasteiger partial charge in [-0.25, -0.2) is 4.79 Å². The maximum Gasteiger partial charge on any atom is 0.335 e. The fraction of sp³-hybridized carbons (Fsp3) is 0.343. The SMILES string of the molecule is Cc1ccc(C(=O)O)cc1-n1c(C)cc([C@@H]2[C@H](c3ccccn3)NC(=S)N2c2ccc(N3C[C@H](C)C[C@@H](C)C3)c(Cl)c2)c1C. The van der Waals surface area contributed by atoms with Crippen LogP contribution in [-0.4, -0.2) is 38.8 Å². The maximum absolute atomic E-state index is 11.8. The van der Waals surface area contributed by atoms with Crippen LogP contribution in [0.4, 0.5) is 11.4 Å². The summed E-state index contributed by atoms with van der Waals surface area (Å²) in [7, 11) is 0. The van der Waals surface area contributed by atoms with Crippen molar-refractivity contribution in [2.24, 2.45) is 11.8 Å². The number of nitrogens with zero attached hydrogens (tertiary/aromatic N) is 4. The summed E-state index contributed by atoms with van der Waals surface area (Å²) in [6, 6.07) is 19.2. The van der Waals surface area contributed by atoms with Crippen LogP contribution in [0.15, 0.2) is 66.9 Å². The normalized spacial score (nSPS) is 21.9. The van der Waals surface area contributed by atoms with Gasteiger partial charge in [0.15, 0.2) is 5.11 Å². The molecule has 0 saturated carbocycles. The van der Waals surface area contributed by atoms with Gasteiger partial charge in [0.05, 0.1) is 34.1 Å². The molecule has 2 aliphatic heterocycles. The Morgan fingerprint density at radius 2 is 1.75 bits per heavy atom. The van der Waals surface area contributed by atoms with Crippen molar-refractivity contribution >= 4 is 46.3 Å². The Hall–Kier alpha value is -3.88. The number of aromatic carboxylic acids is 1. The van der Waals surface area contributed by atoms with E-state index in [1.165, 1.54) is 6.42 Å². The Balaban J connectivity index is 1.46. The van der Waals surface area contributed by atoms with Crippen molar-refractivity contribution < 1.29 is 9.90 Å². The lowest BCUT2D eigenvalue weighted by atomic mass is 9.91. The van der Waals surface area contributed by atoms with Gasteiger partial charge in [0.1, 0.15) is 0 Å². The average molecular weight is 628 g/mol. The topological polar surface area (TPSA) is 73.6 Å². The van der Waals surface area contributed by atoms with Gasteiger partial charge in [-0.05, 0) is 111 Å². The lowest BCUT2D eigenvalue weighted by Gasteiger charge is -2.37. The molecule has 0 spiro atoms. The standard InChI is InChI=1S/C35H38ClN5O2S/c1-20-14-21(2)19-39(18-20)30-12-11-26(17-28(30)36)41-33(32(38-35(41)44)29-8-6-7-13-37-29)27-15-23(4)40(24(27)5)31-16-25(34(42)43)10-9-22(31)3/h6-13,15-17,20-21,32-33H,14,18-19H2,1-5H3,(H,38,44)(H,42,43)/t20-,21-,32+,33-/m1/s1. The Bertz CT molecular complexity index is 1730. The van der Waals surface area contributed by atoms with Crippen LogP contribution in [0, 0.1) is 32.6 Å². The van der Waals surface area contributed by atoms with Crippen LogP contribution in [-0.2, 0) is 0 Å². The molecular formula is C35H38ClN5O2S. The molecule has 44 heavy (non-hydrogen) atoms. The van der Waals surface area contributed by atoms with Crippen molar-refractivity contribution in [2.45, 2.75) is 53.1 Å². The first-order valence-electron chi connectivity index (χ1n) is 15.1. The van der Waals surface area contributed by atoms with Crippen molar-refractivity contribution in [1.29, 1.82) is 0 Å². The second-order valence-corrected chi connectivity index (χ2v) is 13.2. The lowest BCUT2D eigenvalue weighted by Crippen LogP contribution is -2.38. The highest BCUT2D eigenvalue weighted by molar-refractivity contribution is 7.80. The zero-order valence-corrected chi connectivity index (χ0v) is 27.3. The van der Waals surface area contributed by atoms with Gasteiger partial charge in [-0.2, -0.15) is 0 Å². The average Bonchev–Trinajstić information content (AvgIpc) is 3.47. The Morgan fingerprint density at radius 1 is 1.00 bits per heavy atom. The molecule has 4 heterocycles. The summed E-state index contributed by atoms with van der Waals surface area (Å²) in [6.45, 7) is 12.7. The Morgan fingerprint density at radius 3 is 2.41 bits per heavy atom. The van der Waals surface area contributed by atoms with Gasteiger partial charge in [-0.1, -0.05) is 37.6 Å². The molecule has 0 unspecified atom stereocenters. The minimum atomic E-state index is -0.950. The van der Waals surface area contributed by atoms with E-state index in [0.29, 0.717) is 22.0 Å². The first-order valence-corrected chi connectivity index (χ1v) is 15.9. The summed E-state index contributed by atoms with van der Waals surface area (Å²) in [5.74, 6) is 0.279. The van der Waals surface area contributed by atoms with Crippen molar-refractivity contribution in [3.05, 3.63) is 106 Å². The molecule has 0 aliphatic carbocycles. The fourth-order valence-electron chi connectivity index (χ4n) is 7.15. The molecule has 9 heteroatoms. The van der Waals surface area contributed by atoms with Crippen LogP contribution >= 0.6 is 23.8 Å². The summed E-state index contributed by atoms with van der Waals surface area (Å²) >= 11 is 13.0. The molecule has 4 atom stereocenters. The van der Waals surface area contributed by atoms with E-state index in [0.717, 1.165) is 58.4 Å². The zero-order valence-electron chi connectivity index (χ0n) is 25.7. The first-order chi connectivity index (χ1) is 21.0. The number of carboxylic acid groups (broad SMARTS) is 1. The number of aryl methyl sites for hydroxylation is 2. The predicted molar refractivity (Wildman–Crippen MR) is 181 cm³/mol. The number of aromatic nitrogens is 2. The van der Waals surface area contributed by atoms with Gasteiger partial charge in [0.2, 0.25) is 0 Å². The van der Waals surface area contributed by atoms with Crippen LogP contribution in [0.5, 0.6) is 0 Å². The van der Waals surface area contributed by atoms with Crippen molar-refractivity contribution in [3.63, 3.8) is 0 Å². The van der Waals surface area contributed by atoms with Crippen molar-refractivity contribution in [1.82, 2.24) is 14.9 Å². The number of benzene rings is 2. The highest BCUT2D eigenvalue weighted by atomic mass is 35.5. The number of anilines is 2. The third-order valence-corrected chi connectivity index (χ3v) is 9.62. The predicted octanol–water partition coefficient (Wildman–Crippen LogP) is 7.81. The summed E-state index contributed by atoms with van der Waals surface area (Å²) in [4.78, 5) is 21.1. The number of hydrogen-bond donors (Lipinski definition) is 2. The van der Waals surface area contributed by atoms with E-state index in [9.17, 15) is 9.90 Å². The molecule has 228 valence electrons. The Labute approximate surface area is 269 Å². The largest absolute Gasteiger partial charge is 0.478 e. The second kappa shape index (κ2) is 11.9. The van der Waals surface area contributed by atoms with Crippen LogP contribution in [0.1, 0.15) is 70.9 Å². The molecule has 2 N–H and O–H groups in total. The summed E-state index contributed by atoms with van der Waals surface area (Å²) in [5, 5.41) is 14.6. The van der Waals surface area contributed by atoms with Crippen LogP contribution in [0.3, 0.4) is 0 Å². The quantitative estimate of drug-likeness (QED) is 0.211. The van der Waals surface area contributed by atoms with Crippen LogP contribution in [0.25, 0.3) is 5.69 Å². The molecule has 2 aromatic heterocycles. The molecule has 6 rings (SSSR count). The number of carboxylic acids is 1. The highest BCUT2D eigenvalue weighted by Gasteiger charge is 2.42. The van der Waals surface area contributed by atoms with Crippen LogP contribution < -0.4 is 15.1 Å². The van der Waals surface area contributed by atoms with Gasteiger partial charge in [-0.15, -0.1) is 0 Å². The molecule has 0 radical (unpaired) electrons. The molecule has 2 saturated heterocycles. The second-order valence-electron chi connectivity index (χ2n) is 12.5. The van der Waals surface area contributed by atoms with Gasteiger partial charge < -0.3 is 24.8 Å². The fourth-order valence-corrected chi connectivity index (χ4v) is 7.79. The molecule has 4 aromatic rings. The number of pyridine rings is 1. The highest BCUT2D eigenvalue weighted by Crippen LogP contribution is 2.45. The van der Waals surface area contributed by atoms with E-state index in [4.69, 9.17) is 28.8 Å². The van der Waals surface area contributed by atoms with Gasteiger partial charge >= 0.3 is 5.97 Å². The number of nitrogens with one attached hydrogen (secondary N) is 1. The molecule has 0 amide bonds. The molecule has 2 aliphatic rings. The molecule has 7 nitrogen and oxygen atoms in total. The number of piperidine rings is 1. The monoisotopic (exact) mass is 627 g/mol. The summed E-state index contributed by atoms with van der Waals surface area (Å²) in [6.07, 6.45) is 3.03. The van der Waals surface area contributed by atoms with Gasteiger partial charge in [0.25, 0.3) is 0 Å². The van der Waals surface area contributed by atoms with E-state index in [-0.39, 0.29) is 17.6 Å². The zero-order chi connectivity index (χ0) is 31.3. The first kappa shape index (κ1) is 30.2. The van der Waals surface area contributed by atoms with E-state index in [1.807, 2.05) is 37.3 Å². The number of thiocarbonyl (C=S) groups is 1. The van der Waals surface area contributed by atoms with E-state index < -0.39 is 5.97 Å². The molecule has 2 aromatic carbocycles. The van der Waals surface area contributed by atoms with Crippen molar-refractivity contribution in [2.75, 3.05) is 22.9 Å². The minimum Gasteiger partial charge on any atom is -0.478 e. The number of hydrogen-bond acceptors (Lipinski definition) is 4. The molecular weight excluding hydrogens is 590 g/mol. The summed E-state index contributed by atoms with van der Waals surface area (Å²) in [5.41, 5.74) is 8.02. The molecule has 0 bridgehead atoms. The summed E-state index contributed by atoms with van der Waals surface area (Å²) < 4.78 is 2.14.